The van der Waals surface area contributed by atoms with Crippen LogP contribution in [0.3, 0.4) is 0 Å². The average Bonchev–Trinajstić information content (AvgIpc) is 2.14. The molecule has 5 heteroatoms. The van der Waals surface area contributed by atoms with Crippen LogP contribution in [0.4, 0.5) is 0 Å². The zero-order valence-corrected chi connectivity index (χ0v) is 4.28. The molecule has 1 aliphatic rings. The summed E-state index contributed by atoms with van der Waals surface area (Å²) in [4.78, 5) is 9.73. The topological polar surface area (TPSA) is 67.9 Å². The van der Waals surface area contributed by atoms with E-state index in [1.165, 1.54) is 0 Å². The van der Waals surface area contributed by atoms with Gasteiger partial charge in [0.25, 0.3) is 0 Å². The molecule has 8 heavy (non-hydrogen) atoms. The zero-order valence-electron chi connectivity index (χ0n) is 4.28. The van der Waals surface area contributed by atoms with Crippen LogP contribution in [0, 0.1) is 4.91 Å². The molecule has 46 valence electrons. The third kappa shape index (κ3) is 0.775. The second kappa shape index (κ2) is 2.06. The second-order valence-corrected chi connectivity index (χ2v) is 1.51. The first-order valence-electron chi connectivity index (χ1n) is 2.31. The maximum absolute atomic E-state index is 9.73. The van der Waals surface area contributed by atoms with Crippen molar-refractivity contribution in [1.82, 2.24) is 5.01 Å². The number of hydrogen-bond acceptors (Lipinski definition) is 4. The molecule has 5 nitrogen and oxygen atoms in total. The van der Waals surface area contributed by atoms with Gasteiger partial charge in [0.2, 0.25) is 6.35 Å². The Balaban J connectivity index is 2.41. The van der Waals surface area contributed by atoms with Gasteiger partial charge in [0.15, 0.2) is 0 Å². The van der Waals surface area contributed by atoms with Crippen LogP contribution in [0.15, 0.2) is 5.29 Å². The Morgan fingerprint density at radius 2 is 2.62 bits per heavy atom. The molecule has 0 aromatic rings. The van der Waals surface area contributed by atoms with Crippen LogP contribution in [-0.2, 0) is 4.74 Å². The molecular weight excluding hydrogens is 110 g/mol. The van der Waals surface area contributed by atoms with E-state index < -0.39 is 6.35 Å². The van der Waals surface area contributed by atoms with E-state index in [2.05, 4.69) is 5.29 Å². The highest BCUT2D eigenvalue weighted by Crippen LogP contribution is 2.02. The minimum absolute atomic E-state index is 0.493. The molecule has 1 atom stereocenters. The van der Waals surface area contributed by atoms with Crippen LogP contribution >= 0.6 is 0 Å². The number of nitrogens with two attached hydrogens (primary N) is 1. The van der Waals surface area contributed by atoms with Crippen molar-refractivity contribution in [2.24, 2.45) is 11.0 Å². The Bertz CT molecular complexity index is 96.5. The number of rotatable bonds is 1. The Hall–Kier alpha value is -0.680. The highest BCUT2D eigenvalue weighted by molar-refractivity contribution is 4.58. The third-order valence-corrected chi connectivity index (χ3v) is 1.01. The van der Waals surface area contributed by atoms with Crippen LogP contribution in [0.1, 0.15) is 0 Å². The maximum atomic E-state index is 9.73. The van der Waals surface area contributed by atoms with Crippen molar-refractivity contribution < 1.29 is 4.74 Å². The molecule has 0 aliphatic carbocycles. The van der Waals surface area contributed by atoms with E-state index in [0.29, 0.717) is 13.2 Å². The van der Waals surface area contributed by atoms with Gasteiger partial charge in [-0.3, -0.25) is 5.73 Å². The van der Waals surface area contributed by atoms with Crippen molar-refractivity contribution in [3.05, 3.63) is 4.91 Å². The molecule has 0 aromatic heterocycles. The summed E-state index contributed by atoms with van der Waals surface area (Å²) in [5.74, 6) is 0. The van der Waals surface area contributed by atoms with Gasteiger partial charge in [0, 0.05) is 0 Å². The van der Waals surface area contributed by atoms with Gasteiger partial charge >= 0.3 is 0 Å². The summed E-state index contributed by atoms with van der Waals surface area (Å²) >= 11 is 0. The van der Waals surface area contributed by atoms with Gasteiger partial charge in [-0.25, -0.2) is 5.01 Å². The Kier molecular flexibility index (Phi) is 1.40. The van der Waals surface area contributed by atoms with Crippen molar-refractivity contribution in [3.63, 3.8) is 0 Å². The van der Waals surface area contributed by atoms with E-state index in [9.17, 15) is 4.91 Å². The normalized spacial score (nSPS) is 28.6. The van der Waals surface area contributed by atoms with Crippen LogP contribution in [0.25, 0.3) is 0 Å². The zero-order chi connectivity index (χ0) is 5.98. The lowest BCUT2D eigenvalue weighted by atomic mass is 10.7. The third-order valence-electron chi connectivity index (χ3n) is 1.01. The van der Waals surface area contributed by atoms with E-state index in [1.807, 2.05) is 0 Å². The molecule has 0 bridgehead atoms. The average molecular weight is 117 g/mol. The molecule has 1 heterocycles. The van der Waals surface area contributed by atoms with Crippen LogP contribution in [0.5, 0.6) is 0 Å². The van der Waals surface area contributed by atoms with Gasteiger partial charge in [-0.05, 0) is 0 Å². The van der Waals surface area contributed by atoms with Gasteiger partial charge in [0.1, 0.15) is 0 Å². The molecule has 0 radical (unpaired) electrons. The Labute approximate surface area is 46.3 Å². The molecule has 1 aliphatic heterocycles. The predicted octanol–water partition coefficient (Wildman–Crippen LogP) is -0.758. The van der Waals surface area contributed by atoms with Crippen LogP contribution in [-0.4, -0.2) is 24.5 Å². The fourth-order valence-corrected chi connectivity index (χ4v) is 0.568. The first kappa shape index (κ1) is 5.46. The van der Waals surface area contributed by atoms with Gasteiger partial charge in [0.05, 0.1) is 18.4 Å². The summed E-state index contributed by atoms with van der Waals surface area (Å²) in [6.07, 6.45) is -0.618. The molecule has 1 rings (SSSR count). The molecule has 0 aromatic carbocycles. The minimum atomic E-state index is -0.618. The van der Waals surface area contributed by atoms with Crippen molar-refractivity contribution in [2.45, 2.75) is 6.35 Å². The SMILES string of the molecule is NC1OCCN1N=O. The Morgan fingerprint density at radius 3 is 2.88 bits per heavy atom. The largest absolute Gasteiger partial charge is 0.342 e. The quantitative estimate of drug-likeness (QED) is 0.458. The molecule has 1 saturated heterocycles. The number of nitroso groups, excluding NO2 is 1. The summed E-state index contributed by atoms with van der Waals surface area (Å²) in [5.41, 5.74) is 5.20. The maximum Gasteiger partial charge on any atom is 0.202 e. The van der Waals surface area contributed by atoms with Gasteiger partial charge in [-0.1, -0.05) is 0 Å². The van der Waals surface area contributed by atoms with Crippen LogP contribution < -0.4 is 5.73 Å². The molecule has 1 fully saturated rings. The van der Waals surface area contributed by atoms with Gasteiger partial charge < -0.3 is 4.74 Å². The minimum Gasteiger partial charge on any atom is -0.342 e. The summed E-state index contributed by atoms with van der Waals surface area (Å²) < 4.78 is 4.77. The molecule has 2 N–H and O–H groups in total. The highest BCUT2D eigenvalue weighted by Gasteiger charge is 2.19. The molecular formula is C3H7N3O2. The van der Waals surface area contributed by atoms with E-state index >= 15 is 0 Å². The van der Waals surface area contributed by atoms with Crippen molar-refractivity contribution in [3.8, 4) is 0 Å². The first-order valence-corrected chi connectivity index (χ1v) is 2.31. The fraction of sp³-hybridized carbons (Fsp3) is 1.00. The standard InChI is InChI=1S/C3H7N3O2/c4-3-6(5-7)1-2-8-3/h3H,1-2,4H2. The molecule has 0 saturated carbocycles. The van der Waals surface area contributed by atoms with E-state index in [4.69, 9.17) is 10.5 Å². The second-order valence-electron chi connectivity index (χ2n) is 1.51. The monoisotopic (exact) mass is 117 g/mol. The van der Waals surface area contributed by atoms with Gasteiger partial charge in [-0.2, -0.15) is 0 Å². The number of nitrogens with zero attached hydrogens (tertiary/aromatic N) is 2. The summed E-state index contributed by atoms with van der Waals surface area (Å²) in [7, 11) is 0. The molecule has 1 unspecified atom stereocenters. The summed E-state index contributed by atoms with van der Waals surface area (Å²) in [6, 6.07) is 0. The predicted molar refractivity (Wildman–Crippen MR) is 26.4 cm³/mol. The number of ether oxygens (including phenoxy) is 1. The smallest absolute Gasteiger partial charge is 0.202 e. The van der Waals surface area contributed by atoms with Crippen LogP contribution in [0.2, 0.25) is 0 Å². The summed E-state index contributed by atoms with van der Waals surface area (Å²) in [5, 5.41) is 3.75. The molecule has 0 amide bonds. The fourth-order valence-electron chi connectivity index (χ4n) is 0.568. The molecule has 0 spiro atoms. The van der Waals surface area contributed by atoms with Crippen molar-refractivity contribution in [1.29, 1.82) is 0 Å². The highest BCUT2D eigenvalue weighted by atomic mass is 16.5. The van der Waals surface area contributed by atoms with E-state index in [-0.39, 0.29) is 0 Å². The lowest BCUT2D eigenvalue weighted by Crippen LogP contribution is -2.32. The Morgan fingerprint density at radius 1 is 1.88 bits per heavy atom. The van der Waals surface area contributed by atoms with E-state index in [0.717, 1.165) is 5.01 Å². The lowest BCUT2D eigenvalue weighted by Gasteiger charge is -2.08. The summed E-state index contributed by atoms with van der Waals surface area (Å²) in [6.45, 7) is 0.998. The number of hydrogen-bond donors (Lipinski definition) is 1. The first-order chi connectivity index (χ1) is 3.84. The van der Waals surface area contributed by atoms with Crippen molar-refractivity contribution in [2.75, 3.05) is 13.2 Å². The van der Waals surface area contributed by atoms with Gasteiger partial charge in [-0.15, -0.1) is 4.91 Å². The lowest BCUT2D eigenvalue weighted by molar-refractivity contribution is 0.0400. The van der Waals surface area contributed by atoms with E-state index in [1.54, 1.807) is 0 Å². The van der Waals surface area contributed by atoms with Crippen molar-refractivity contribution >= 4 is 0 Å².